The minimum absolute atomic E-state index is 0.0436. The number of hydrogen-bond acceptors (Lipinski definition) is 6. The highest BCUT2D eigenvalue weighted by Crippen LogP contribution is 2.23. The zero-order valence-electron chi connectivity index (χ0n) is 14.4. The average molecular weight is 388 g/mol. The highest BCUT2D eigenvalue weighted by Gasteiger charge is 2.11. The van der Waals surface area contributed by atoms with E-state index in [9.17, 15) is 9.18 Å². The summed E-state index contributed by atoms with van der Waals surface area (Å²) >= 11 is 1.17. The number of rotatable bonds is 8. The Balaban J connectivity index is 1.49. The number of para-hydroxylation sites is 3. The summed E-state index contributed by atoms with van der Waals surface area (Å²) in [5, 5.41) is 9.89. The van der Waals surface area contributed by atoms with E-state index in [1.54, 1.807) is 24.3 Å². The van der Waals surface area contributed by atoms with Crippen molar-refractivity contribution in [2.24, 2.45) is 0 Å². The molecule has 1 heterocycles. The molecule has 0 aliphatic carbocycles. The van der Waals surface area contributed by atoms with Crippen molar-refractivity contribution in [1.82, 2.24) is 15.2 Å². The normalized spacial score (nSPS) is 10.4. The highest BCUT2D eigenvalue weighted by atomic mass is 32.2. The Hall–Kier alpha value is -3.07. The quantitative estimate of drug-likeness (QED) is 0.576. The molecule has 0 aliphatic heterocycles. The van der Waals surface area contributed by atoms with Crippen LogP contribution in [0.25, 0.3) is 0 Å². The largest absolute Gasteiger partial charge is 0.495 e. The van der Waals surface area contributed by atoms with E-state index in [1.807, 2.05) is 12.1 Å². The number of aromatic nitrogens is 3. The predicted octanol–water partition coefficient (Wildman–Crippen LogP) is 3.26. The number of amides is 1. The lowest BCUT2D eigenvalue weighted by Gasteiger charge is -2.08. The van der Waals surface area contributed by atoms with Crippen molar-refractivity contribution in [3.05, 3.63) is 60.2 Å². The molecule has 27 heavy (non-hydrogen) atoms. The Labute approximate surface area is 159 Å². The summed E-state index contributed by atoms with van der Waals surface area (Å²) in [6, 6.07) is 13.3. The third kappa shape index (κ3) is 5.20. The number of carbonyl (C=O) groups is 1. The number of nitrogens with zero attached hydrogens (tertiary/aromatic N) is 2. The van der Waals surface area contributed by atoms with E-state index < -0.39 is 5.82 Å². The second-order valence-corrected chi connectivity index (χ2v) is 6.26. The smallest absolute Gasteiger partial charge is 0.234 e. The first-order valence-corrected chi connectivity index (χ1v) is 8.98. The Morgan fingerprint density at radius 2 is 1.93 bits per heavy atom. The number of anilines is 1. The maximum absolute atomic E-state index is 13.5. The van der Waals surface area contributed by atoms with Crippen molar-refractivity contribution in [3.8, 4) is 11.5 Å². The van der Waals surface area contributed by atoms with Crippen molar-refractivity contribution in [2.45, 2.75) is 11.8 Å². The van der Waals surface area contributed by atoms with Crippen LogP contribution in [0.3, 0.4) is 0 Å². The lowest BCUT2D eigenvalue weighted by molar-refractivity contribution is -0.113. The maximum Gasteiger partial charge on any atom is 0.234 e. The van der Waals surface area contributed by atoms with E-state index in [4.69, 9.17) is 9.47 Å². The Morgan fingerprint density at radius 1 is 1.19 bits per heavy atom. The summed E-state index contributed by atoms with van der Waals surface area (Å²) < 4.78 is 24.1. The van der Waals surface area contributed by atoms with E-state index in [1.165, 1.54) is 31.0 Å². The predicted molar refractivity (Wildman–Crippen MR) is 99.5 cm³/mol. The average Bonchev–Trinajstić information content (AvgIpc) is 3.14. The molecule has 2 N–H and O–H groups in total. The van der Waals surface area contributed by atoms with Crippen LogP contribution in [0, 0.1) is 5.82 Å². The summed E-state index contributed by atoms with van der Waals surface area (Å²) in [4.78, 5) is 16.3. The molecule has 3 rings (SSSR count). The molecule has 0 radical (unpaired) electrons. The second kappa shape index (κ2) is 9.04. The van der Waals surface area contributed by atoms with Crippen LogP contribution >= 0.6 is 11.8 Å². The molecule has 0 atom stereocenters. The summed E-state index contributed by atoms with van der Waals surface area (Å²) in [5.41, 5.74) is 0.597. The van der Waals surface area contributed by atoms with Crippen molar-refractivity contribution in [1.29, 1.82) is 0 Å². The first kappa shape index (κ1) is 18.7. The van der Waals surface area contributed by atoms with Crippen molar-refractivity contribution < 1.29 is 18.7 Å². The van der Waals surface area contributed by atoms with Crippen LogP contribution in [0.4, 0.5) is 10.1 Å². The van der Waals surface area contributed by atoms with Gasteiger partial charge in [0.2, 0.25) is 11.1 Å². The van der Waals surface area contributed by atoms with Crippen LogP contribution in [0.1, 0.15) is 5.82 Å². The summed E-state index contributed by atoms with van der Waals surface area (Å²) in [7, 11) is 1.54. The lowest BCUT2D eigenvalue weighted by Crippen LogP contribution is -2.14. The minimum Gasteiger partial charge on any atom is -0.495 e. The third-order valence-corrected chi connectivity index (χ3v) is 4.27. The van der Waals surface area contributed by atoms with Crippen LogP contribution in [0.2, 0.25) is 0 Å². The summed E-state index contributed by atoms with van der Waals surface area (Å²) in [5.74, 6) is 0.633. The van der Waals surface area contributed by atoms with Gasteiger partial charge in [-0.3, -0.25) is 9.89 Å². The maximum atomic E-state index is 13.5. The Kier molecular flexibility index (Phi) is 6.26. The van der Waals surface area contributed by atoms with Crippen LogP contribution in [0.15, 0.2) is 53.7 Å². The summed E-state index contributed by atoms with van der Waals surface area (Å²) in [6.07, 6.45) is 0. The molecule has 7 nitrogen and oxygen atoms in total. The van der Waals surface area contributed by atoms with E-state index in [0.29, 0.717) is 22.4 Å². The van der Waals surface area contributed by atoms with Gasteiger partial charge in [-0.2, -0.15) is 0 Å². The van der Waals surface area contributed by atoms with E-state index >= 15 is 0 Å². The summed E-state index contributed by atoms with van der Waals surface area (Å²) in [6.45, 7) is 0.0436. The molecule has 0 saturated heterocycles. The number of hydrogen-bond donors (Lipinski definition) is 2. The number of halogens is 1. The fraction of sp³-hybridized carbons (Fsp3) is 0.167. The van der Waals surface area contributed by atoms with E-state index in [-0.39, 0.29) is 24.0 Å². The standard InChI is InChI=1S/C18H17FN4O3S/c1-25-15-9-5-3-7-13(15)20-17(24)11-27-18-21-16(22-23-18)10-26-14-8-4-2-6-12(14)19/h2-9H,10-11H2,1H3,(H,20,24)(H,21,22,23). The number of H-pyrrole nitrogens is 1. The van der Waals surface area contributed by atoms with Crippen molar-refractivity contribution in [3.63, 3.8) is 0 Å². The molecular formula is C18H17FN4O3S. The number of aromatic amines is 1. The molecule has 140 valence electrons. The van der Waals surface area contributed by atoms with Gasteiger partial charge in [-0.25, -0.2) is 9.37 Å². The molecule has 0 bridgehead atoms. The van der Waals surface area contributed by atoms with Gasteiger partial charge in [-0.15, -0.1) is 5.10 Å². The van der Waals surface area contributed by atoms with E-state index in [0.717, 1.165) is 0 Å². The van der Waals surface area contributed by atoms with Gasteiger partial charge in [0, 0.05) is 0 Å². The van der Waals surface area contributed by atoms with Crippen molar-refractivity contribution >= 4 is 23.4 Å². The number of thioether (sulfide) groups is 1. The number of methoxy groups -OCH3 is 1. The minimum atomic E-state index is -0.445. The number of carbonyl (C=O) groups excluding carboxylic acids is 1. The van der Waals surface area contributed by atoms with Gasteiger partial charge in [-0.05, 0) is 24.3 Å². The Morgan fingerprint density at radius 3 is 2.70 bits per heavy atom. The molecule has 0 unspecified atom stereocenters. The first-order chi connectivity index (χ1) is 13.2. The third-order valence-electron chi connectivity index (χ3n) is 3.43. The molecule has 0 spiro atoms. The van der Waals surface area contributed by atoms with Gasteiger partial charge in [0.25, 0.3) is 0 Å². The highest BCUT2D eigenvalue weighted by molar-refractivity contribution is 7.99. The zero-order valence-corrected chi connectivity index (χ0v) is 15.3. The van der Waals surface area contributed by atoms with Gasteiger partial charge in [0.1, 0.15) is 12.4 Å². The topological polar surface area (TPSA) is 89.1 Å². The van der Waals surface area contributed by atoms with Crippen LogP contribution < -0.4 is 14.8 Å². The zero-order chi connectivity index (χ0) is 19.1. The molecule has 0 saturated carbocycles. The fourth-order valence-electron chi connectivity index (χ4n) is 2.18. The molecule has 1 aromatic heterocycles. The SMILES string of the molecule is COc1ccccc1NC(=O)CSc1n[nH]c(COc2ccccc2F)n1. The first-order valence-electron chi connectivity index (χ1n) is 8.00. The molecule has 0 fully saturated rings. The van der Waals surface area contributed by atoms with Gasteiger partial charge in [-0.1, -0.05) is 36.0 Å². The van der Waals surface area contributed by atoms with Crippen LogP contribution in [-0.4, -0.2) is 34.0 Å². The molecular weight excluding hydrogens is 371 g/mol. The van der Waals surface area contributed by atoms with Crippen LogP contribution in [-0.2, 0) is 11.4 Å². The second-order valence-electron chi connectivity index (χ2n) is 5.32. The van der Waals surface area contributed by atoms with Crippen molar-refractivity contribution in [2.75, 3.05) is 18.2 Å². The van der Waals surface area contributed by atoms with Gasteiger partial charge >= 0.3 is 0 Å². The molecule has 0 aliphatic rings. The number of nitrogens with one attached hydrogen (secondary N) is 2. The van der Waals surface area contributed by atoms with Gasteiger partial charge in [0.15, 0.2) is 17.4 Å². The van der Waals surface area contributed by atoms with Gasteiger partial charge < -0.3 is 14.8 Å². The molecule has 1 amide bonds. The van der Waals surface area contributed by atoms with Gasteiger partial charge in [0.05, 0.1) is 18.6 Å². The molecule has 2 aromatic carbocycles. The molecule has 9 heteroatoms. The Bertz CT molecular complexity index is 919. The fourth-order valence-corrected chi connectivity index (χ4v) is 2.80. The number of ether oxygens (including phenoxy) is 2. The molecule has 3 aromatic rings. The lowest BCUT2D eigenvalue weighted by atomic mass is 10.3. The van der Waals surface area contributed by atoms with Crippen LogP contribution in [0.5, 0.6) is 11.5 Å². The number of benzene rings is 2. The van der Waals surface area contributed by atoms with E-state index in [2.05, 4.69) is 20.5 Å². The monoisotopic (exact) mass is 388 g/mol.